The third kappa shape index (κ3) is 8.50. The first-order chi connectivity index (χ1) is 12.2. The fourth-order valence-corrected chi connectivity index (χ4v) is 2.83. The molecular weight excluding hydrogens is 340 g/mol. The van der Waals surface area contributed by atoms with Crippen LogP contribution in [-0.2, 0) is 0 Å². The molecule has 0 fully saturated rings. The molecule has 0 aliphatic rings. The zero-order valence-corrected chi connectivity index (χ0v) is 18.3. The fourth-order valence-electron chi connectivity index (χ4n) is 2.83. The summed E-state index contributed by atoms with van der Waals surface area (Å²) in [6.45, 7) is 17.7. The lowest BCUT2D eigenvalue weighted by Crippen LogP contribution is -1.96. The minimum Gasteiger partial charge on any atom is -0.496 e. The summed E-state index contributed by atoms with van der Waals surface area (Å²) >= 11 is 0. The molecule has 0 spiro atoms. The molecule has 160 valence electrons. The van der Waals surface area contributed by atoms with Crippen molar-refractivity contribution in [2.24, 2.45) is 0 Å². The van der Waals surface area contributed by atoms with E-state index in [2.05, 4.69) is 97.9 Å². The summed E-state index contributed by atoms with van der Waals surface area (Å²) in [6.07, 6.45) is 0. The lowest BCUT2D eigenvalue weighted by molar-refractivity contribution is 0.406. The molecule has 0 unspecified atom stereocenters. The number of hydrogen-bond acceptors (Lipinski definition) is 1. The van der Waals surface area contributed by atoms with E-state index in [0.29, 0.717) is 23.7 Å². The highest BCUT2D eigenvalue weighted by atomic mass is 16.5. The zero-order valence-electron chi connectivity index (χ0n) is 18.3. The maximum absolute atomic E-state index is 5.40. The lowest BCUT2D eigenvalue weighted by atomic mass is 9.96. The maximum atomic E-state index is 5.40. The number of methoxy groups -OCH3 is 1. The van der Waals surface area contributed by atoms with E-state index in [9.17, 15) is 0 Å². The zero-order chi connectivity index (χ0) is 19.9. The molecule has 0 atom stereocenters. The van der Waals surface area contributed by atoms with Gasteiger partial charge in [-0.15, -0.1) is 0 Å². The summed E-state index contributed by atoms with van der Waals surface area (Å²) in [4.78, 5) is 0. The molecule has 0 saturated heterocycles. The Labute approximate surface area is 176 Å². The van der Waals surface area contributed by atoms with Crippen molar-refractivity contribution in [3.8, 4) is 5.75 Å². The van der Waals surface area contributed by atoms with E-state index < -0.39 is 0 Å². The summed E-state index contributed by atoms with van der Waals surface area (Å²) in [5, 5.41) is 0. The Morgan fingerprint density at radius 3 is 1.18 bits per heavy atom. The molecule has 0 N–H and O–H groups in total. The Morgan fingerprint density at radius 1 is 0.536 bits per heavy atom. The molecule has 2 rings (SSSR count). The second-order valence-electron chi connectivity index (χ2n) is 8.29. The first-order valence-electron chi connectivity index (χ1n) is 9.95. The first kappa shape index (κ1) is 28.4. The molecule has 1 nitrogen and oxygen atoms in total. The van der Waals surface area contributed by atoms with Crippen LogP contribution in [0.25, 0.3) is 0 Å². The van der Waals surface area contributed by atoms with Crippen LogP contribution in [0.5, 0.6) is 5.75 Å². The van der Waals surface area contributed by atoms with Crippen molar-refractivity contribution in [2.45, 2.75) is 93.9 Å². The highest BCUT2D eigenvalue weighted by Crippen LogP contribution is 2.29. The van der Waals surface area contributed by atoms with Crippen molar-refractivity contribution >= 4 is 0 Å². The van der Waals surface area contributed by atoms with Crippen LogP contribution in [0, 0.1) is 0 Å². The quantitative estimate of drug-likeness (QED) is 0.497. The standard InChI is InChI=1S/C13H20O.C12H18.2CH4/c1-9(2)11-6-7-12(10(3)4)13(8-11)14-5;1-9(2)11-5-7-12(8-6-11)10(3)4;;/h6-10H,1-5H3;5-10H,1-4H3;2*1H4. The third-order valence-corrected chi connectivity index (χ3v) is 4.82. The van der Waals surface area contributed by atoms with E-state index >= 15 is 0 Å². The van der Waals surface area contributed by atoms with E-state index in [1.54, 1.807) is 7.11 Å². The number of hydrogen-bond donors (Lipinski definition) is 0. The van der Waals surface area contributed by atoms with Gasteiger partial charge in [-0.2, -0.15) is 0 Å². The summed E-state index contributed by atoms with van der Waals surface area (Å²) in [6, 6.07) is 15.5. The maximum Gasteiger partial charge on any atom is 0.122 e. The van der Waals surface area contributed by atoms with Crippen LogP contribution < -0.4 is 4.74 Å². The average Bonchev–Trinajstić information content (AvgIpc) is 2.61. The van der Waals surface area contributed by atoms with Crippen molar-refractivity contribution < 1.29 is 4.74 Å². The predicted octanol–water partition coefficient (Wildman–Crippen LogP) is 9.15. The highest BCUT2D eigenvalue weighted by molar-refractivity contribution is 5.40. The molecule has 0 aromatic heterocycles. The minimum atomic E-state index is 0. The Balaban J connectivity index is 0. The van der Waals surface area contributed by atoms with Gasteiger partial charge in [-0.05, 0) is 52.0 Å². The van der Waals surface area contributed by atoms with Gasteiger partial charge in [-0.25, -0.2) is 0 Å². The second-order valence-corrected chi connectivity index (χ2v) is 8.29. The molecule has 0 saturated carbocycles. The van der Waals surface area contributed by atoms with Gasteiger partial charge < -0.3 is 4.74 Å². The van der Waals surface area contributed by atoms with Crippen molar-refractivity contribution in [1.82, 2.24) is 0 Å². The molecule has 0 amide bonds. The van der Waals surface area contributed by atoms with Gasteiger partial charge in [0.2, 0.25) is 0 Å². The molecule has 0 aliphatic heterocycles. The summed E-state index contributed by atoms with van der Waals surface area (Å²) in [5.74, 6) is 3.39. The van der Waals surface area contributed by atoms with Crippen LogP contribution >= 0.6 is 0 Å². The Hall–Kier alpha value is -1.76. The van der Waals surface area contributed by atoms with Crippen LogP contribution in [0.4, 0.5) is 0 Å². The van der Waals surface area contributed by atoms with Gasteiger partial charge in [0.25, 0.3) is 0 Å². The lowest BCUT2D eigenvalue weighted by Gasteiger charge is -2.14. The van der Waals surface area contributed by atoms with Crippen molar-refractivity contribution in [2.75, 3.05) is 7.11 Å². The molecule has 1 heteroatoms. The topological polar surface area (TPSA) is 9.23 Å². The van der Waals surface area contributed by atoms with Crippen LogP contribution in [-0.4, -0.2) is 7.11 Å². The van der Waals surface area contributed by atoms with Gasteiger partial charge in [0, 0.05) is 0 Å². The van der Waals surface area contributed by atoms with Crippen LogP contribution in [0.15, 0.2) is 42.5 Å². The van der Waals surface area contributed by atoms with Gasteiger partial charge >= 0.3 is 0 Å². The van der Waals surface area contributed by atoms with Gasteiger partial charge in [0.1, 0.15) is 5.75 Å². The largest absolute Gasteiger partial charge is 0.496 e. The van der Waals surface area contributed by atoms with E-state index in [1.807, 2.05) is 0 Å². The van der Waals surface area contributed by atoms with Crippen molar-refractivity contribution in [1.29, 1.82) is 0 Å². The number of rotatable bonds is 5. The van der Waals surface area contributed by atoms with Gasteiger partial charge in [0.05, 0.1) is 7.11 Å². The Kier molecular flexibility index (Phi) is 13.6. The molecule has 0 aliphatic carbocycles. The van der Waals surface area contributed by atoms with E-state index in [-0.39, 0.29) is 14.9 Å². The van der Waals surface area contributed by atoms with Crippen LogP contribution in [0.3, 0.4) is 0 Å². The van der Waals surface area contributed by atoms with E-state index in [4.69, 9.17) is 4.74 Å². The summed E-state index contributed by atoms with van der Waals surface area (Å²) in [7, 11) is 1.74. The van der Waals surface area contributed by atoms with Crippen molar-refractivity contribution in [3.05, 3.63) is 64.7 Å². The third-order valence-electron chi connectivity index (χ3n) is 4.82. The Bertz CT molecular complexity index is 621. The van der Waals surface area contributed by atoms with Gasteiger partial charge in [-0.1, -0.05) is 107 Å². The normalized spacial score (nSPS) is 10.3. The fraction of sp³-hybridized carbons (Fsp3) is 0.556. The van der Waals surface area contributed by atoms with Crippen LogP contribution in [0.1, 0.15) is 116 Å². The van der Waals surface area contributed by atoms with E-state index in [0.717, 1.165) is 5.75 Å². The SMILES string of the molecule is C.C.CC(C)c1ccc(C(C)C)cc1.COc1cc(C(C)C)ccc1C(C)C. The van der Waals surface area contributed by atoms with Gasteiger partial charge in [0.15, 0.2) is 0 Å². The minimum absolute atomic E-state index is 0. The monoisotopic (exact) mass is 386 g/mol. The summed E-state index contributed by atoms with van der Waals surface area (Å²) < 4.78 is 5.40. The first-order valence-corrected chi connectivity index (χ1v) is 9.95. The predicted molar refractivity (Wildman–Crippen MR) is 129 cm³/mol. The molecule has 0 heterocycles. The Morgan fingerprint density at radius 2 is 0.893 bits per heavy atom. The van der Waals surface area contributed by atoms with E-state index in [1.165, 1.54) is 22.3 Å². The molecule has 0 radical (unpaired) electrons. The highest BCUT2D eigenvalue weighted by Gasteiger charge is 2.09. The summed E-state index contributed by atoms with van der Waals surface area (Å²) in [5.41, 5.74) is 5.49. The molecular formula is C27H46O. The molecule has 2 aromatic carbocycles. The number of ether oxygens (including phenoxy) is 1. The smallest absolute Gasteiger partial charge is 0.122 e. The van der Waals surface area contributed by atoms with Crippen LogP contribution in [0.2, 0.25) is 0 Å². The number of benzene rings is 2. The van der Waals surface area contributed by atoms with Crippen molar-refractivity contribution in [3.63, 3.8) is 0 Å². The second kappa shape index (κ2) is 13.4. The average molecular weight is 387 g/mol. The molecule has 28 heavy (non-hydrogen) atoms. The molecule has 2 aromatic rings. The molecule has 0 bridgehead atoms. The van der Waals surface area contributed by atoms with Gasteiger partial charge in [-0.3, -0.25) is 0 Å².